The summed E-state index contributed by atoms with van der Waals surface area (Å²) in [5.41, 5.74) is 1.02. The van der Waals surface area contributed by atoms with Gasteiger partial charge in [-0.15, -0.1) is 0 Å². The smallest absolute Gasteiger partial charge is 0.335 e. The van der Waals surface area contributed by atoms with Gasteiger partial charge < -0.3 is 5.11 Å². The second kappa shape index (κ2) is 5.45. The number of hydrogen-bond acceptors (Lipinski definition) is 2. The monoisotopic (exact) mass is 220 g/mol. The molecular weight excluding hydrogens is 204 g/mol. The fourth-order valence-electron chi connectivity index (χ4n) is 1.70. The maximum absolute atomic E-state index is 11.4. The third-order valence-electron chi connectivity index (χ3n) is 2.67. The van der Waals surface area contributed by atoms with Crippen molar-refractivity contribution in [1.29, 1.82) is 0 Å². The third kappa shape index (κ3) is 2.92. The van der Waals surface area contributed by atoms with E-state index in [9.17, 15) is 9.59 Å². The Hall–Kier alpha value is -1.64. The average Bonchev–Trinajstić information content (AvgIpc) is 2.28. The molecule has 3 nitrogen and oxygen atoms in total. The van der Waals surface area contributed by atoms with Crippen LogP contribution in [0.1, 0.15) is 36.2 Å². The van der Waals surface area contributed by atoms with Gasteiger partial charge in [0.1, 0.15) is 5.78 Å². The summed E-state index contributed by atoms with van der Waals surface area (Å²) in [5.74, 6) is -0.891. The van der Waals surface area contributed by atoms with Crippen molar-refractivity contribution in [2.75, 3.05) is 0 Å². The molecule has 0 spiro atoms. The number of carbonyl (C=O) groups is 2. The van der Waals surface area contributed by atoms with E-state index in [0.29, 0.717) is 18.4 Å². The Morgan fingerprint density at radius 3 is 2.50 bits per heavy atom. The Morgan fingerprint density at radius 1 is 1.31 bits per heavy atom. The van der Waals surface area contributed by atoms with Crippen molar-refractivity contribution in [3.8, 4) is 0 Å². The Balaban J connectivity index is 2.88. The molecule has 1 atom stereocenters. The fraction of sp³-hybridized carbons (Fsp3) is 0.385. The van der Waals surface area contributed by atoms with E-state index in [1.54, 1.807) is 24.3 Å². The van der Waals surface area contributed by atoms with Gasteiger partial charge in [0.2, 0.25) is 0 Å². The first kappa shape index (κ1) is 12.4. The Labute approximate surface area is 95.1 Å². The van der Waals surface area contributed by atoms with Crippen LogP contribution in [0.5, 0.6) is 0 Å². The third-order valence-corrected chi connectivity index (χ3v) is 2.67. The molecule has 0 aromatic heterocycles. The number of ketones is 1. The van der Waals surface area contributed by atoms with E-state index in [4.69, 9.17) is 5.11 Å². The van der Waals surface area contributed by atoms with Crippen LogP contribution in [0.3, 0.4) is 0 Å². The Kier molecular flexibility index (Phi) is 4.23. The molecule has 0 bridgehead atoms. The summed E-state index contributed by atoms with van der Waals surface area (Å²) in [7, 11) is 0. The second-order valence-corrected chi connectivity index (χ2v) is 3.89. The van der Waals surface area contributed by atoms with E-state index in [1.165, 1.54) is 0 Å². The van der Waals surface area contributed by atoms with Gasteiger partial charge in [0.15, 0.2) is 0 Å². The minimum Gasteiger partial charge on any atom is -0.478 e. The van der Waals surface area contributed by atoms with Crippen LogP contribution >= 0.6 is 0 Å². The molecule has 16 heavy (non-hydrogen) atoms. The van der Waals surface area contributed by atoms with Crippen LogP contribution in [0.4, 0.5) is 0 Å². The molecule has 1 rings (SSSR count). The van der Waals surface area contributed by atoms with Gasteiger partial charge in [0.25, 0.3) is 0 Å². The van der Waals surface area contributed by atoms with Crippen LogP contribution < -0.4 is 0 Å². The molecule has 0 fully saturated rings. The van der Waals surface area contributed by atoms with Crippen molar-refractivity contribution in [3.05, 3.63) is 35.4 Å². The van der Waals surface area contributed by atoms with Gasteiger partial charge in [-0.05, 0) is 18.1 Å². The van der Waals surface area contributed by atoms with Gasteiger partial charge in [-0.3, -0.25) is 4.79 Å². The predicted octanol–water partition coefficient (Wildman–Crippen LogP) is 2.54. The molecular formula is C13H16O3. The maximum atomic E-state index is 11.4. The molecule has 0 heterocycles. The van der Waals surface area contributed by atoms with E-state index >= 15 is 0 Å². The average molecular weight is 220 g/mol. The molecule has 1 unspecified atom stereocenters. The summed E-state index contributed by atoms with van der Waals surface area (Å²) < 4.78 is 0. The summed E-state index contributed by atoms with van der Waals surface area (Å²) >= 11 is 0. The number of Topliss-reactive ketones (excluding diaryl/α,β-unsaturated/α-hetero) is 1. The molecule has 3 heteroatoms. The first-order valence-electron chi connectivity index (χ1n) is 5.40. The lowest BCUT2D eigenvalue weighted by molar-refractivity contribution is -0.122. The number of aromatic carboxylic acids is 1. The highest BCUT2D eigenvalue weighted by Crippen LogP contribution is 2.15. The first-order valence-corrected chi connectivity index (χ1v) is 5.40. The van der Waals surface area contributed by atoms with Crippen molar-refractivity contribution < 1.29 is 14.7 Å². The maximum Gasteiger partial charge on any atom is 0.335 e. The molecule has 0 aliphatic carbocycles. The van der Waals surface area contributed by atoms with E-state index in [-0.39, 0.29) is 11.7 Å². The van der Waals surface area contributed by atoms with Crippen LogP contribution in [0, 0.1) is 5.92 Å². The van der Waals surface area contributed by atoms with Crippen molar-refractivity contribution in [2.45, 2.75) is 26.7 Å². The lowest BCUT2D eigenvalue weighted by Gasteiger charge is -2.11. The Morgan fingerprint density at radius 2 is 1.94 bits per heavy atom. The quantitative estimate of drug-likeness (QED) is 0.829. The van der Waals surface area contributed by atoms with Crippen LogP contribution in [0.2, 0.25) is 0 Å². The zero-order chi connectivity index (χ0) is 12.1. The molecule has 0 saturated carbocycles. The van der Waals surface area contributed by atoms with Gasteiger partial charge in [0.05, 0.1) is 5.56 Å². The van der Waals surface area contributed by atoms with Gasteiger partial charge in [-0.1, -0.05) is 32.0 Å². The number of hydrogen-bond donors (Lipinski definition) is 1. The second-order valence-electron chi connectivity index (χ2n) is 3.89. The molecule has 1 aromatic rings. The Bertz CT molecular complexity index is 396. The van der Waals surface area contributed by atoms with Crippen LogP contribution in [0.25, 0.3) is 0 Å². The molecule has 1 aromatic carbocycles. The van der Waals surface area contributed by atoms with Crippen LogP contribution in [-0.4, -0.2) is 16.9 Å². The zero-order valence-electron chi connectivity index (χ0n) is 9.56. The van der Waals surface area contributed by atoms with Gasteiger partial charge in [0, 0.05) is 12.3 Å². The highest BCUT2D eigenvalue weighted by molar-refractivity contribution is 5.89. The van der Waals surface area contributed by atoms with Crippen molar-refractivity contribution in [1.82, 2.24) is 0 Å². The zero-order valence-corrected chi connectivity index (χ0v) is 9.56. The molecule has 1 N–H and O–H groups in total. The van der Waals surface area contributed by atoms with E-state index in [2.05, 4.69) is 0 Å². The number of benzene rings is 1. The molecule has 0 aliphatic rings. The van der Waals surface area contributed by atoms with Crippen LogP contribution in [0.15, 0.2) is 24.3 Å². The molecule has 0 amide bonds. The summed E-state index contributed by atoms with van der Waals surface area (Å²) in [6, 6.07) is 6.83. The minimum absolute atomic E-state index is 0.120. The van der Waals surface area contributed by atoms with E-state index in [1.807, 2.05) is 13.8 Å². The molecule has 0 radical (unpaired) electrons. The van der Waals surface area contributed by atoms with Crippen molar-refractivity contribution in [2.24, 2.45) is 5.92 Å². The molecule has 0 saturated heterocycles. The van der Waals surface area contributed by atoms with E-state index in [0.717, 1.165) is 5.56 Å². The number of rotatable bonds is 5. The highest BCUT2D eigenvalue weighted by atomic mass is 16.4. The predicted molar refractivity (Wildman–Crippen MR) is 61.6 cm³/mol. The highest BCUT2D eigenvalue weighted by Gasteiger charge is 2.15. The number of carboxylic acid groups (broad SMARTS) is 1. The molecule has 0 aliphatic heterocycles. The molecule has 86 valence electrons. The number of carboxylic acids is 1. The lowest BCUT2D eigenvalue weighted by Crippen LogP contribution is -2.14. The van der Waals surface area contributed by atoms with Crippen molar-refractivity contribution >= 4 is 11.8 Å². The summed E-state index contributed by atoms with van der Waals surface area (Å²) in [6.07, 6.45) is 0.992. The van der Waals surface area contributed by atoms with Crippen molar-refractivity contribution in [3.63, 3.8) is 0 Å². The standard InChI is InChI=1S/C13H16O3/c1-3-12(14)9(2)8-10-6-4-5-7-11(10)13(15)16/h4-7,9H,3,8H2,1-2H3,(H,15,16). The minimum atomic E-state index is -0.938. The SMILES string of the molecule is CCC(=O)C(C)Cc1ccccc1C(=O)O. The van der Waals surface area contributed by atoms with Gasteiger partial charge in [-0.2, -0.15) is 0 Å². The fourth-order valence-corrected chi connectivity index (χ4v) is 1.70. The topological polar surface area (TPSA) is 54.4 Å². The first-order chi connectivity index (χ1) is 7.56. The largest absolute Gasteiger partial charge is 0.478 e. The number of carbonyl (C=O) groups excluding carboxylic acids is 1. The lowest BCUT2D eigenvalue weighted by atomic mass is 9.93. The summed E-state index contributed by atoms with van der Waals surface area (Å²) in [5, 5.41) is 8.99. The van der Waals surface area contributed by atoms with Gasteiger partial charge >= 0.3 is 5.97 Å². The van der Waals surface area contributed by atoms with E-state index < -0.39 is 5.97 Å². The normalized spacial score (nSPS) is 12.1. The summed E-state index contributed by atoms with van der Waals surface area (Å²) in [4.78, 5) is 22.4. The van der Waals surface area contributed by atoms with Gasteiger partial charge in [-0.25, -0.2) is 4.79 Å². The van der Waals surface area contributed by atoms with Crippen LogP contribution in [-0.2, 0) is 11.2 Å². The summed E-state index contributed by atoms with van der Waals surface area (Å²) in [6.45, 7) is 3.66.